The van der Waals surface area contributed by atoms with Gasteiger partial charge in [0.25, 0.3) is 0 Å². The molecule has 0 radical (unpaired) electrons. The summed E-state index contributed by atoms with van der Waals surface area (Å²) < 4.78 is 0. The van der Waals surface area contributed by atoms with Gasteiger partial charge in [0.15, 0.2) is 5.78 Å². The molecule has 0 spiro atoms. The molecule has 0 aliphatic heterocycles. The lowest BCUT2D eigenvalue weighted by atomic mass is 9.91. The molecule has 0 unspecified atom stereocenters. The SMILES string of the molecule is O=C(C[C@@H](C[N+](=O)[O-])c1ccccc1Cl)c1ccccc1. The monoisotopic (exact) mass is 303 g/mol. The Bertz CT molecular complexity index is 643. The van der Waals surface area contributed by atoms with Gasteiger partial charge in [0.2, 0.25) is 6.54 Å². The summed E-state index contributed by atoms with van der Waals surface area (Å²) >= 11 is 6.10. The van der Waals surface area contributed by atoms with E-state index in [9.17, 15) is 14.9 Å². The number of rotatable bonds is 6. The zero-order chi connectivity index (χ0) is 15.2. The summed E-state index contributed by atoms with van der Waals surface area (Å²) in [4.78, 5) is 22.7. The van der Waals surface area contributed by atoms with Crippen molar-refractivity contribution in [2.45, 2.75) is 12.3 Å². The van der Waals surface area contributed by atoms with Crippen LogP contribution in [0.1, 0.15) is 28.3 Å². The van der Waals surface area contributed by atoms with Crippen LogP contribution in [0.25, 0.3) is 0 Å². The Morgan fingerprint density at radius 2 is 1.71 bits per heavy atom. The largest absolute Gasteiger partial charge is 0.294 e. The molecular formula is C16H14ClNO3. The van der Waals surface area contributed by atoms with Crippen LogP contribution in [0.3, 0.4) is 0 Å². The van der Waals surface area contributed by atoms with Crippen LogP contribution in [0.15, 0.2) is 54.6 Å². The molecule has 1 atom stereocenters. The van der Waals surface area contributed by atoms with E-state index in [1.165, 1.54) is 0 Å². The van der Waals surface area contributed by atoms with Gasteiger partial charge in [-0.3, -0.25) is 14.9 Å². The van der Waals surface area contributed by atoms with Gasteiger partial charge in [-0.1, -0.05) is 60.1 Å². The van der Waals surface area contributed by atoms with Crippen molar-refractivity contribution in [3.63, 3.8) is 0 Å². The Hall–Kier alpha value is -2.20. The Morgan fingerprint density at radius 3 is 2.33 bits per heavy atom. The molecule has 0 saturated heterocycles. The second kappa shape index (κ2) is 6.99. The summed E-state index contributed by atoms with van der Waals surface area (Å²) in [6.45, 7) is -0.317. The topological polar surface area (TPSA) is 60.2 Å². The van der Waals surface area contributed by atoms with Crippen molar-refractivity contribution in [1.29, 1.82) is 0 Å². The Morgan fingerprint density at radius 1 is 1.10 bits per heavy atom. The van der Waals surface area contributed by atoms with Crippen LogP contribution in [0, 0.1) is 10.1 Å². The van der Waals surface area contributed by atoms with Crippen LogP contribution in [0.4, 0.5) is 0 Å². The van der Waals surface area contributed by atoms with E-state index >= 15 is 0 Å². The van der Waals surface area contributed by atoms with Gasteiger partial charge in [-0.25, -0.2) is 0 Å². The van der Waals surface area contributed by atoms with Crippen LogP contribution >= 0.6 is 11.6 Å². The van der Waals surface area contributed by atoms with Crippen molar-refractivity contribution < 1.29 is 9.72 Å². The summed E-state index contributed by atoms with van der Waals surface area (Å²) in [6.07, 6.45) is 0.0642. The minimum Gasteiger partial charge on any atom is -0.294 e. The zero-order valence-corrected chi connectivity index (χ0v) is 12.0. The van der Waals surface area contributed by atoms with Crippen LogP contribution in [-0.2, 0) is 0 Å². The molecule has 4 nitrogen and oxygen atoms in total. The lowest BCUT2D eigenvalue weighted by Gasteiger charge is -2.14. The maximum Gasteiger partial charge on any atom is 0.211 e. The van der Waals surface area contributed by atoms with Gasteiger partial charge in [-0.2, -0.15) is 0 Å². The van der Waals surface area contributed by atoms with Crippen LogP contribution < -0.4 is 0 Å². The first kappa shape index (κ1) is 15.2. The average Bonchev–Trinajstić information content (AvgIpc) is 2.47. The number of benzene rings is 2. The van der Waals surface area contributed by atoms with Crippen LogP contribution in [0.2, 0.25) is 5.02 Å². The highest BCUT2D eigenvalue weighted by molar-refractivity contribution is 6.31. The van der Waals surface area contributed by atoms with Crippen molar-refractivity contribution in [2.24, 2.45) is 0 Å². The van der Waals surface area contributed by atoms with Gasteiger partial charge in [0.1, 0.15) is 0 Å². The van der Waals surface area contributed by atoms with Gasteiger partial charge >= 0.3 is 0 Å². The molecule has 0 fully saturated rings. The normalized spacial score (nSPS) is 11.9. The Kier molecular flexibility index (Phi) is 5.06. The number of Topliss-reactive ketones (excluding diaryl/α,β-unsaturated/α-hetero) is 1. The number of carbonyl (C=O) groups excluding carboxylic acids is 1. The quantitative estimate of drug-likeness (QED) is 0.461. The Balaban J connectivity index is 2.23. The Labute approximate surface area is 127 Å². The van der Waals surface area contributed by atoms with E-state index in [2.05, 4.69) is 0 Å². The summed E-state index contributed by atoms with van der Waals surface area (Å²) in [5.41, 5.74) is 1.19. The molecule has 2 aromatic carbocycles. The summed E-state index contributed by atoms with van der Waals surface area (Å²) in [5, 5.41) is 11.3. The molecular weight excluding hydrogens is 290 g/mol. The lowest BCUT2D eigenvalue weighted by molar-refractivity contribution is -0.483. The summed E-state index contributed by atoms with van der Waals surface area (Å²) in [6, 6.07) is 15.7. The number of nitrogens with zero attached hydrogens (tertiary/aromatic N) is 1. The first-order valence-corrected chi connectivity index (χ1v) is 6.90. The predicted molar refractivity (Wildman–Crippen MR) is 81.4 cm³/mol. The van der Waals surface area contributed by atoms with E-state index < -0.39 is 10.8 Å². The molecule has 2 aromatic rings. The predicted octanol–water partition coefficient (Wildman–Crippen LogP) is 3.97. The third kappa shape index (κ3) is 4.13. The molecule has 0 aliphatic rings. The molecule has 5 heteroatoms. The lowest BCUT2D eigenvalue weighted by Crippen LogP contribution is -2.17. The van der Waals surface area contributed by atoms with Gasteiger partial charge in [-0.05, 0) is 11.6 Å². The average molecular weight is 304 g/mol. The van der Waals surface area contributed by atoms with Crippen LogP contribution in [0.5, 0.6) is 0 Å². The molecule has 21 heavy (non-hydrogen) atoms. The maximum absolute atomic E-state index is 12.3. The molecule has 0 N–H and O–H groups in total. The number of nitro groups is 1. The molecule has 0 amide bonds. The van der Waals surface area contributed by atoms with Crippen molar-refractivity contribution in [1.82, 2.24) is 0 Å². The van der Waals surface area contributed by atoms with Crippen LogP contribution in [-0.4, -0.2) is 17.3 Å². The fraction of sp³-hybridized carbons (Fsp3) is 0.188. The van der Waals surface area contributed by atoms with Crippen molar-refractivity contribution >= 4 is 17.4 Å². The molecule has 0 aliphatic carbocycles. The van der Waals surface area contributed by atoms with E-state index in [4.69, 9.17) is 11.6 Å². The molecule has 0 heterocycles. The van der Waals surface area contributed by atoms with E-state index in [0.29, 0.717) is 16.1 Å². The highest BCUT2D eigenvalue weighted by Gasteiger charge is 2.23. The number of hydrogen-bond donors (Lipinski definition) is 0. The smallest absolute Gasteiger partial charge is 0.211 e. The van der Waals surface area contributed by atoms with Gasteiger partial charge < -0.3 is 0 Å². The molecule has 0 bridgehead atoms. The maximum atomic E-state index is 12.3. The standard InChI is InChI=1S/C16H14ClNO3/c17-15-9-5-4-8-14(15)13(11-18(20)21)10-16(19)12-6-2-1-3-7-12/h1-9,13H,10-11H2/t13-/m0/s1. The number of ketones is 1. The summed E-state index contributed by atoms with van der Waals surface area (Å²) in [5.74, 6) is -0.649. The number of halogens is 1. The fourth-order valence-electron chi connectivity index (χ4n) is 2.22. The van der Waals surface area contributed by atoms with Gasteiger partial charge in [-0.15, -0.1) is 0 Å². The van der Waals surface area contributed by atoms with Crippen molar-refractivity contribution in [3.8, 4) is 0 Å². The molecule has 108 valence electrons. The van der Waals surface area contributed by atoms with Gasteiger partial charge in [0.05, 0.1) is 5.92 Å². The zero-order valence-electron chi connectivity index (χ0n) is 11.2. The summed E-state index contributed by atoms with van der Waals surface area (Å²) in [7, 11) is 0. The van der Waals surface area contributed by atoms with E-state index in [0.717, 1.165) is 0 Å². The van der Waals surface area contributed by atoms with Gasteiger partial charge in [0, 0.05) is 21.9 Å². The highest BCUT2D eigenvalue weighted by atomic mass is 35.5. The van der Waals surface area contributed by atoms with E-state index in [-0.39, 0.29) is 18.7 Å². The highest BCUT2D eigenvalue weighted by Crippen LogP contribution is 2.28. The number of hydrogen-bond acceptors (Lipinski definition) is 3. The first-order valence-electron chi connectivity index (χ1n) is 6.52. The third-order valence-electron chi connectivity index (χ3n) is 3.24. The van der Waals surface area contributed by atoms with Crippen molar-refractivity contribution in [3.05, 3.63) is 80.9 Å². The van der Waals surface area contributed by atoms with E-state index in [1.54, 1.807) is 48.5 Å². The molecule has 0 saturated carbocycles. The number of carbonyl (C=O) groups is 1. The minimum absolute atomic E-state index is 0.0642. The second-order valence-corrected chi connectivity index (χ2v) is 5.13. The van der Waals surface area contributed by atoms with Crippen molar-refractivity contribution in [2.75, 3.05) is 6.54 Å². The van der Waals surface area contributed by atoms with E-state index in [1.807, 2.05) is 6.07 Å². The fourth-order valence-corrected chi connectivity index (χ4v) is 2.51. The first-order chi connectivity index (χ1) is 10.1. The molecule has 2 rings (SSSR count). The molecule has 0 aromatic heterocycles. The minimum atomic E-state index is -0.526. The second-order valence-electron chi connectivity index (χ2n) is 4.73. The third-order valence-corrected chi connectivity index (χ3v) is 3.59.